The molecule has 1 saturated heterocycles. The van der Waals surface area contributed by atoms with Gasteiger partial charge in [0.1, 0.15) is 29.4 Å². The number of aryl methyl sites for hydroxylation is 1. The van der Waals surface area contributed by atoms with Gasteiger partial charge in [0.15, 0.2) is 0 Å². The summed E-state index contributed by atoms with van der Waals surface area (Å²) in [5.74, 6) is -5.94. The van der Waals surface area contributed by atoms with Crippen molar-refractivity contribution in [3.8, 4) is 5.75 Å². The molecular formula is C45H60N8O13. The number of aromatic hydroxyl groups is 1. The summed E-state index contributed by atoms with van der Waals surface area (Å²) in [6.07, 6.45) is 1.94. The molecule has 4 rings (SSSR count). The third kappa shape index (κ3) is 16.7. The van der Waals surface area contributed by atoms with Crippen molar-refractivity contribution in [1.29, 1.82) is 0 Å². The van der Waals surface area contributed by atoms with Crippen molar-refractivity contribution in [3.63, 3.8) is 0 Å². The van der Waals surface area contributed by atoms with Crippen LogP contribution in [0, 0.1) is 0 Å². The van der Waals surface area contributed by atoms with Crippen LogP contribution in [-0.2, 0) is 70.1 Å². The fourth-order valence-electron chi connectivity index (χ4n) is 7.12. The van der Waals surface area contributed by atoms with Crippen LogP contribution in [0.25, 0.3) is 10.8 Å². The predicted octanol–water partition coefficient (Wildman–Crippen LogP) is -0.698. The number of ether oxygens (including phenoxy) is 4. The molecule has 0 bridgehead atoms. The number of hydrogen-bond acceptors (Lipinski definition) is 14. The molecular weight excluding hydrogens is 861 g/mol. The number of phenolic OH excluding ortho intramolecular Hbond substituents is 1. The molecule has 21 nitrogen and oxygen atoms in total. The minimum Gasteiger partial charge on any atom is -0.508 e. The second kappa shape index (κ2) is 26.3. The highest BCUT2D eigenvalue weighted by Gasteiger charge is 2.43. The zero-order chi connectivity index (χ0) is 48.1. The number of amides is 7. The van der Waals surface area contributed by atoms with Crippen LogP contribution in [0.4, 0.5) is 0 Å². The van der Waals surface area contributed by atoms with E-state index in [1.54, 1.807) is 30.3 Å². The molecule has 2 heterocycles. The van der Waals surface area contributed by atoms with Gasteiger partial charge in [0, 0.05) is 78.4 Å². The molecule has 0 saturated carbocycles. The maximum atomic E-state index is 14.2. The molecule has 21 heteroatoms. The first kappa shape index (κ1) is 51.9. The first-order valence-corrected chi connectivity index (χ1v) is 21.5. The van der Waals surface area contributed by atoms with E-state index in [2.05, 4.69) is 31.6 Å². The molecule has 0 spiro atoms. The second-order valence-corrected chi connectivity index (χ2v) is 15.8. The van der Waals surface area contributed by atoms with Crippen molar-refractivity contribution in [1.82, 2.24) is 36.5 Å². The molecule has 0 aliphatic carbocycles. The Morgan fingerprint density at radius 3 is 2.26 bits per heavy atom. The zero-order valence-electron chi connectivity index (χ0n) is 37.4. The Morgan fingerprint density at radius 1 is 0.848 bits per heavy atom. The molecule has 8 N–H and O–H groups in total. The summed E-state index contributed by atoms with van der Waals surface area (Å²) in [6.45, 7) is 0.920. The average Bonchev–Trinajstić information content (AvgIpc) is 3.30. The summed E-state index contributed by atoms with van der Waals surface area (Å²) in [7, 11) is 4.04. The van der Waals surface area contributed by atoms with E-state index in [0.717, 1.165) is 28.3 Å². The zero-order valence-corrected chi connectivity index (χ0v) is 37.4. The minimum atomic E-state index is -1.68. The number of primary amides is 1. The number of hydrogen-bond donors (Lipinski definition) is 7. The number of aromatic nitrogens is 1. The Kier molecular flexibility index (Phi) is 20.7. The van der Waals surface area contributed by atoms with Crippen LogP contribution >= 0.6 is 0 Å². The van der Waals surface area contributed by atoms with Crippen molar-refractivity contribution in [2.24, 2.45) is 5.73 Å². The lowest BCUT2D eigenvalue weighted by Crippen LogP contribution is -2.64. The number of nitrogens with one attached hydrogen (secondary N) is 5. The number of likely N-dealkylation sites (N-methyl/N-ethyl adjacent to an activating group) is 1. The SMILES string of the molecule is COCCOCCNC(=O)CN(C)C(=O)[C@H](Cc1cccnc1)NC(=O)[C@H](CC(N)=O)NC(=O)[C@H](CCC(=O)OC)NC(=O)C1(NC(=O)CCc2ccc3cc(O)ccc3c2)CCOCC1. The van der Waals surface area contributed by atoms with Crippen molar-refractivity contribution in [3.05, 3.63) is 72.1 Å². The van der Waals surface area contributed by atoms with Crippen molar-refractivity contribution in [2.45, 2.75) is 75.0 Å². The van der Waals surface area contributed by atoms with Gasteiger partial charge >= 0.3 is 5.97 Å². The van der Waals surface area contributed by atoms with E-state index >= 15 is 0 Å². The summed E-state index contributed by atoms with van der Waals surface area (Å²) in [6, 6.07) is 9.32. The number of pyridine rings is 1. The molecule has 7 amide bonds. The van der Waals surface area contributed by atoms with E-state index in [9.17, 15) is 43.5 Å². The number of methoxy groups -OCH3 is 2. The Labute approximate surface area is 382 Å². The van der Waals surface area contributed by atoms with E-state index in [1.165, 1.54) is 26.6 Å². The van der Waals surface area contributed by atoms with Crippen LogP contribution < -0.4 is 32.3 Å². The van der Waals surface area contributed by atoms with Gasteiger partial charge < -0.3 is 61.3 Å². The van der Waals surface area contributed by atoms with E-state index in [0.29, 0.717) is 25.2 Å². The van der Waals surface area contributed by atoms with Gasteiger partial charge in [-0.15, -0.1) is 0 Å². The first-order chi connectivity index (χ1) is 31.6. The van der Waals surface area contributed by atoms with Gasteiger partial charge in [-0.3, -0.25) is 43.3 Å². The van der Waals surface area contributed by atoms with E-state index in [1.807, 2.05) is 18.2 Å². The van der Waals surface area contributed by atoms with Gasteiger partial charge in [0.2, 0.25) is 41.4 Å². The fourth-order valence-corrected chi connectivity index (χ4v) is 7.12. The van der Waals surface area contributed by atoms with Gasteiger partial charge in [-0.2, -0.15) is 0 Å². The van der Waals surface area contributed by atoms with Crippen LogP contribution in [0.1, 0.15) is 49.7 Å². The van der Waals surface area contributed by atoms with E-state index in [-0.39, 0.29) is 77.2 Å². The summed E-state index contributed by atoms with van der Waals surface area (Å²) >= 11 is 0. The molecule has 2 aromatic carbocycles. The van der Waals surface area contributed by atoms with Gasteiger partial charge in [0.05, 0.1) is 39.9 Å². The van der Waals surface area contributed by atoms with Gasteiger partial charge in [0.25, 0.3) is 0 Å². The minimum absolute atomic E-state index is 0.00797. The summed E-state index contributed by atoms with van der Waals surface area (Å²) < 4.78 is 20.5. The van der Waals surface area contributed by atoms with Crippen molar-refractivity contribution in [2.75, 3.05) is 67.4 Å². The highest BCUT2D eigenvalue weighted by atomic mass is 16.5. The molecule has 1 aromatic heterocycles. The molecule has 0 radical (unpaired) electrons. The van der Waals surface area contributed by atoms with Crippen LogP contribution in [-0.4, -0.2) is 153 Å². The Bertz CT molecular complexity index is 2150. The molecule has 1 aliphatic rings. The lowest BCUT2D eigenvalue weighted by atomic mass is 9.88. The molecule has 3 aromatic rings. The van der Waals surface area contributed by atoms with Gasteiger partial charge in [-0.25, -0.2) is 0 Å². The quantitative estimate of drug-likeness (QED) is 0.0388. The number of carbonyl (C=O) groups excluding carboxylic acids is 8. The number of esters is 1. The Morgan fingerprint density at radius 2 is 1.56 bits per heavy atom. The lowest BCUT2D eigenvalue weighted by molar-refractivity contribution is -0.142. The molecule has 1 fully saturated rings. The standard InChI is InChI=1S/C45H60N8O13/c1-53(28-39(57)48-17-20-66-22-21-63-2)43(61)36(24-30-5-4-16-47-27-30)50-42(60)35(26-37(46)55)49-41(59)34(11-13-40(58)64-3)51-44(62)45(14-18-65-19-15-45)52-38(56)12-7-29-6-8-32-25-33(54)10-9-31(32)23-29/h4-6,8-10,16,23,25,27,34-36,54H,7,11-15,17-22,24,26,28H2,1-3H3,(H2,46,55)(H,48,57)(H,49,59)(H,50,60)(H,51,62)(H,52,56)/t34-,35-,36-/m0/s1. The van der Waals surface area contributed by atoms with Crippen LogP contribution in [0.15, 0.2) is 60.9 Å². The number of rotatable bonds is 26. The molecule has 1 aliphatic heterocycles. The second-order valence-electron chi connectivity index (χ2n) is 15.8. The molecule has 358 valence electrons. The number of carbonyl (C=O) groups is 8. The van der Waals surface area contributed by atoms with Crippen molar-refractivity contribution < 1.29 is 62.4 Å². The number of nitrogens with two attached hydrogens (primary N) is 1. The highest BCUT2D eigenvalue weighted by Crippen LogP contribution is 2.24. The summed E-state index contributed by atoms with van der Waals surface area (Å²) in [5.41, 5.74) is 5.38. The van der Waals surface area contributed by atoms with E-state index < -0.39 is 77.4 Å². The van der Waals surface area contributed by atoms with Crippen LogP contribution in [0.5, 0.6) is 5.75 Å². The van der Waals surface area contributed by atoms with Gasteiger partial charge in [-0.05, 0) is 52.9 Å². The largest absolute Gasteiger partial charge is 0.508 e. The number of phenols is 1. The maximum Gasteiger partial charge on any atom is 0.305 e. The summed E-state index contributed by atoms with van der Waals surface area (Å²) in [4.78, 5) is 112. The molecule has 0 unspecified atom stereocenters. The smallest absolute Gasteiger partial charge is 0.305 e. The number of nitrogens with zero attached hydrogens (tertiary/aromatic N) is 2. The molecule has 66 heavy (non-hydrogen) atoms. The maximum absolute atomic E-state index is 14.2. The van der Waals surface area contributed by atoms with Crippen LogP contribution in [0.3, 0.4) is 0 Å². The third-order valence-electron chi connectivity index (χ3n) is 10.7. The fraction of sp³-hybridized carbons (Fsp3) is 0.489. The van der Waals surface area contributed by atoms with Crippen molar-refractivity contribution >= 4 is 58.1 Å². The Hall–Kier alpha value is -6.71. The van der Waals surface area contributed by atoms with Crippen LogP contribution in [0.2, 0.25) is 0 Å². The average molecular weight is 921 g/mol. The van der Waals surface area contributed by atoms with Gasteiger partial charge in [-0.1, -0.05) is 30.3 Å². The first-order valence-electron chi connectivity index (χ1n) is 21.5. The highest BCUT2D eigenvalue weighted by molar-refractivity contribution is 5.99. The van der Waals surface area contributed by atoms with E-state index in [4.69, 9.17) is 24.7 Å². The number of fused-ring (bicyclic) bond motifs is 1. The molecule has 3 atom stereocenters. The summed E-state index contributed by atoms with van der Waals surface area (Å²) in [5, 5.41) is 24.7. The number of benzene rings is 2. The normalized spacial score (nSPS) is 14.4. The topological polar surface area (TPSA) is 296 Å². The monoisotopic (exact) mass is 920 g/mol. The third-order valence-corrected chi connectivity index (χ3v) is 10.7. The predicted molar refractivity (Wildman–Crippen MR) is 237 cm³/mol. The Balaban J connectivity index is 1.49. The lowest BCUT2D eigenvalue weighted by Gasteiger charge is -2.37.